The zero-order valence-electron chi connectivity index (χ0n) is 13.2. The molecule has 0 saturated heterocycles. The van der Waals surface area contributed by atoms with Crippen LogP contribution in [-0.2, 0) is 6.42 Å². The molecule has 26 heavy (non-hydrogen) atoms. The Balaban J connectivity index is 1.59. The summed E-state index contributed by atoms with van der Waals surface area (Å²) >= 11 is 15.0. The second-order valence-corrected chi connectivity index (χ2v) is 7.67. The number of thiophene rings is 2. The third-order valence-electron chi connectivity index (χ3n) is 3.72. The predicted molar refractivity (Wildman–Crippen MR) is 106 cm³/mol. The fraction of sp³-hybridized carbons (Fsp3) is 0.125. The van der Waals surface area contributed by atoms with E-state index in [1.54, 1.807) is 29.0 Å². The molecule has 1 N–H and O–H groups in total. The molecule has 0 aliphatic rings. The summed E-state index contributed by atoms with van der Waals surface area (Å²) in [4.78, 5) is 16.1. The molecule has 6 nitrogen and oxygen atoms in total. The van der Waals surface area contributed by atoms with Crippen LogP contribution in [0.5, 0.6) is 0 Å². The second kappa shape index (κ2) is 7.71. The van der Waals surface area contributed by atoms with Gasteiger partial charge in [0.1, 0.15) is 0 Å². The van der Waals surface area contributed by atoms with E-state index in [1.165, 1.54) is 11.1 Å². The molecule has 0 amide bonds. The summed E-state index contributed by atoms with van der Waals surface area (Å²) in [5.41, 5.74) is 2.54. The van der Waals surface area contributed by atoms with Crippen molar-refractivity contribution in [1.82, 2.24) is 24.5 Å². The third kappa shape index (κ3) is 4.04. The molecule has 4 rings (SSSR count). The molecule has 1 atom stereocenters. The van der Waals surface area contributed by atoms with E-state index < -0.39 is 0 Å². The first-order valence-electron chi connectivity index (χ1n) is 7.58. The van der Waals surface area contributed by atoms with Crippen molar-refractivity contribution in [2.45, 2.75) is 12.5 Å². The van der Waals surface area contributed by atoms with Gasteiger partial charge in [-0.25, -0.2) is 4.98 Å². The van der Waals surface area contributed by atoms with E-state index in [0.717, 1.165) is 6.42 Å². The quantitative estimate of drug-likeness (QED) is 0.469. The maximum absolute atomic E-state index is 5.81. The van der Waals surface area contributed by atoms with Crippen LogP contribution in [-0.4, -0.2) is 24.5 Å². The standard InChI is InChI=1S/C16H12Cl2N6S2/c17-14-21-15(18)23-16(22-14)20-13-6-24(9-19-13)12(11-2-4-26-8-11)5-10-1-3-25-7-10/h1-4,6-9,12H,5H2,(H,20,21,22,23). The SMILES string of the molecule is Clc1nc(Cl)nc(Nc2cn(C(Cc3ccsc3)c3ccsc3)cn2)n1. The summed E-state index contributed by atoms with van der Waals surface area (Å²) in [6, 6.07) is 4.44. The minimum atomic E-state index is 0.0283. The highest BCUT2D eigenvalue weighted by molar-refractivity contribution is 7.08. The molecule has 0 radical (unpaired) electrons. The smallest absolute Gasteiger partial charge is 0.234 e. The van der Waals surface area contributed by atoms with Gasteiger partial charge in [0.15, 0.2) is 5.82 Å². The molecule has 0 fully saturated rings. The Morgan fingerprint density at radius 2 is 1.81 bits per heavy atom. The van der Waals surface area contributed by atoms with Crippen LogP contribution in [0.1, 0.15) is 17.2 Å². The largest absolute Gasteiger partial charge is 0.327 e. The molecule has 4 aromatic heterocycles. The summed E-state index contributed by atoms with van der Waals surface area (Å²) < 4.78 is 2.08. The van der Waals surface area contributed by atoms with Crippen LogP contribution >= 0.6 is 45.9 Å². The number of imidazole rings is 1. The van der Waals surface area contributed by atoms with Crippen LogP contribution in [0.4, 0.5) is 11.8 Å². The van der Waals surface area contributed by atoms with Gasteiger partial charge in [0.2, 0.25) is 16.5 Å². The molecule has 10 heteroatoms. The normalized spacial score (nSPS) is 12.2. The monoisotopic (exact) mass is 422 g/mol. The van der Waals surface area contributed by atoms with Crippen molar-refractivity contribution in [3.05, 3.63) is 67.9 Å². The van der Waals surface area contributed by atoms with Crippen LogP contribution < -0.4 is 5.32 Å². The summed E-state index contributed by atoms with van der Waals surface area (Å²) in [6.45, 7) is 0. The van der Waals surface area contributed by atoms with E-state index in [0.29, 0.717) is 5.82 Å². The lowest BCUT2D eigenvalue weighted by atomic mass is 10.0. The van der Waals surface area contributed by atoms with E-state index >= 15 is 0 Å². The summed E-state index contributed by atoms with van der Waals surface area (Å²) in [5, 5.41) is 11.6. The number of halogens is 2. The fourth-order valence-electron chi connectivity index (χ4n) is 2.56. The highest BCUT2D eigenvalue weighted by Crippen LogP contribution is 2.27. The Kier molecular flexibility index (Phi) is 5.16. The lowest BCUT2D eigenvalue weighted by Crippen LogP contribution is -2.11. The summed E-state index contributed by atoms with van der Waals surface area (Å²) in [7, 11) is 0. The second-order valence-electron chi connectivity index (χ2n) is 5.44. The summed E-state index contributed by atoms with van der Waals surface area (Å²) in [6.07, 6.45) is 4.60. The van der Waals surface area contributed by atoms with E-state index in [2.05, 4.69) is 63.5 Å². The van der Waals surface area contributed by atoms with Gasteiger partial charge in [0.05, 0.1) is 12.4 Å². The number of aromatic nitrogens is 5. The van der Waals surface area contributed by atoms with E-state index in [1.807, 2.05) is 6.20 Å². The van der Waals surface area contributed by atoms with Gasteiger partial charge in [-0.1, -0.05) is 0 Å². The average Bonchev–Trinajstić information content (AvgIpc) is 3.35. The molecular weight excluding hydrogens is 411 g/mol. The number of rotatable bonds is 6. The maximum Gasteiger partial charge on any atom is 0.234 e. The molecule has 0 aliphatic carbocycles. The van der Waals surface area contributed by atoms with Crippen LogP contribution in [0.15, 0.2) is 46.2 Å². The van der Waals surface area contributed by atoms with Gasteiger partial charge >= 0.3 is 0 Å². The molecular formula is C16H12Cl2N6S2. The van der Waals surface area contributed by atoms with E-state index in [4.69, 9.17) is 23.2 Å². The predicted octanol–water partition coefficient (Wildman–Crippen LogP) is 5.07. The van der Waals surface area contributed by atoms with E-state index in [-0.39, 0.29) is 22.6 Å². The molecule has 132 valence electrons. The van der Waals surface area contributed by atoms with Crippen LogP contribution in [0.3, 0.4) is 0 Å². The van der Waals surface area contributed by atoms with Gasteiger partial charge in [-0.3, -0.25) is 0 Å². The first-order valence-corrected chi connectivity index (χ1v) is 10.2. The Bertz CT molecular complexity index is 964. The Morgan fingerprint density at radius 1 is 1.04 bits per heavy atom. The van der Waals surface area contributed by atoms with Gasteiger partial charge in [0, 0.05) is 6.20 Å². The molecule has 4 aromatic rings. The minimum absolute atomic E-state index is 0.0283. The Labute approximate surface area is 167 Å². The van der Waals surface area contributed by atoms with Crippen molar-refractivity contribution in [2.24, 2.45) is 0 Å². The van der Waals surface area contributed by atoms with Gasteiger partial charge < -0.3 is 9.88 Å². The first-order chi connectivity index (χ1) is 12.7. The van der Waals surface area contributed by atoms with E-state index in [9.17, 15) is 0 Å². The van der Waals surface area contributed by atoms with Crippen molar-refractivity contribution < 1.29 is 0 Å². The number of nitrogens with zero attached hydrogens (tertiary/aromatic N) is 5. The number of hydrogen-bond donors (Lipinski definition) is 1. The average molecular weight is 423 g/mol. The zero-order valence-corrected chi connectivity index (χ0v) is 16.4. The van der Waals surface area contributed by atoms with Gasteiger partial charge in [-0.2, -0.15) is 37.6 Å². The maximum atomic E-state index is 5.81. The van der Waals surface area contributed by atoms with Crippen LogP contribution in [0, 0.1) is 0 Å². The topological polar surface area (TPSA) is 68.5 Å². The molecule has 0 aliphatic heterocycles. The third-order valence-corrected chi connectivity index (χ3v) is 5.49. The van der Waals surface area contributed by atoms with Gasteiger partial charge in [-0.05, 0) is 74.4 Å². The summed E-state index contributed by atoms with van der Waals surface area (Å²) in [5.74, 6) is 0.860. The van der Waals surface area contributed by atoms with Crippen molar-refractivity contribution in [2.75, 3.05) is 5.32 Å². The van der Waals surface area contributed by atoms with Crippen LogP contribution in [0.2, 0.25) is 10.6 Å². The number of hydrogen-bond acceptors (Lipinski definition) is 7. The zero-order chi connectivity index (χ0) is 17.9. The Hall–Kier alpha value is -2.00. The molecule has 0 saturated carbocycles. The molecule has 0 spiro atoms. The fourth-order valence-corrected chi connectivity index (χ4v) is 4.31. The molecule has 1 unspecified atom stereocenters. The highest BCUT2D eigenvalue weighted by atomic mass is 35.5. The van der Waals surface area contributed by atoms with Crippen molar-refractivity contribution >= 4 is 57.6 Å². The van der Waals surface area contributed by atoms with Crippen LogP contribution in [0.25, 0.3) is 0 Å². The first kappa shape index (κ1) is 17.4. The minimum Gasteiger partial charge on any atom is -0.327 e. The molecule has 0 bridgehead atoms. The molecule has 4 heterocycles. The number of nitrogens with one attached hydrogen (secondary N) is 1. The van der Waals surface area contributed by atoms with Gasteiger partial charge in [0.25, 0.3) is 0 Å². The highest BCUT2D eigenvalue weighted by Gasteiger charge is 2.16. The Morgan fingerprint density at radius 3 is 2.50 bits per heavy atom. The number of anilines is 2. The van der Waals surface area contributed by atoms with Crippen molar-refractivity contribution in [1.29, 1.82) is 0 Å². The van der Waals surface area contributed by atoms with Crippen molar-refractivity contribution in [3.8, 4) is 0 Å². The lowest BCUT2D eigenvalue weighted by molar-refractivity contribution is 0.583. The lowest BCUT2D eigenvalue weighted by Gasteiger charge is -2.17. The molecule has 0 aromatic carbocycles. The van der Waals surface area contributed by atoms with Crippen molar-refractivity contribution in [3.63, 3.8) is 0 Å². The van der Waals surface area contributed by atoms with Gasteiger partial charge in [-0.15, -0.1) is 0 Å².